The zero-order valence-electron chi connectivity index (χ0n) is 11.0. The second-order valence-electron chi connectivity index (χ2n) is 4.62. The zero-order valence-corrected chi connectivity index (χ0v) is 11.0. The molecule has 0 aromatic rings. The topological polar surface area (TPSA) is 37.3 Å². The molecule has 1 N–H and O–H groups in total. The van der Waals surface area contributed by atoms with E-state index in [0.717, 1.165) is 12.8 Å². The van der Waals surface area contributed by atoms with Gasteiger partial charge >= 0.3 is 0 Å². The molecule has 96 valence electrons. The molecule has 0 saturated heterocycles. The van der Waals surface area contributed by atoms with Crippen LogP contribution in [-0.2, 0) is 4.79 Å². The molecule has 2 nitrogen and oxygen atoms in total. The fourth-order valence-electron chi connectivity index (χ4n) is 1.83. The summed E-state index contributed by atoms with van der Waals surface area (Å²) in [4.78, 5) is 11.3. The van der Waals surface area contributed by atoms with Crippen molar-refractivity contribution >= 4 is 5.78 Å². The number of carbonyl (C=O) groups is 1. The summed E-state index contributed by atoms with van der Waals surface area (Å²) in [6.07, 6.45) is 10.3. The van der Waals surface area contributed by atoms with E-state index in [1.165, 1.54) is 38.5 Å². The van der Waals surface area contributed by atoms with Crippen molar-refractivity contribution in [1.29, 1.82) is 0 Å². The second-order valence-corrected chi connectivity index (χ2v) is 4.62. The van der Waals surface area contributed by atoms with E-state index in [4.69, 9.17) is 0 Å². The summed E-state index contributed by atoms with van der Waals surface area (Å²) in [6.45, 7) is 4.07. The van der Waals surface area contributed by atoms with Gasteiger partial charge in [-0.2, -0.15) is 0 Å². The number of carbonyl (C=O) groups excluding carboxylic acids is 1. The Balaban J connectivity index is 3.18. The van der Waals surface area contributed by atoms with Crippen molar-refractivity contribution in [1.82, 2.24) is 0 Å². The predicted molar refractivity (Wildman–Crippen MR) is 68.5 cm³/mol. The van der Waals surface area contributed by atoms with Crippen molar-refractivity contribution in [3.8, 4) is 0 Å². The Morgan fingerprint density at radius 1 is 0.938 bits per heavy atom. The number of Topliss-reactive ketones (excluding diaryl/α,β-unsaturated/α-hetero) is 1. The van der Waals surface area contributed by atoms with Gasteiger partial charge in [0.05, 0.1) is 0 Å². The Bertz CT molecular complexity index is 166. The predicted octanol–water partition coefficient (Wildman–Crippen LogP) is 3.86. The van der Waals surface area contributed by atoms with Gasteiger partial charge in [0.15, 0.2) is 5.78 Å². The van der Waals surface area contributed by atoms with E-state index >= 15 is 0 Å². The molecule has 0 aromatic heterocycles. The van der Waals surface area contributed by atoms with Crippen molar-refractivity contribution in [3.63, 3.8) is 0 Å². The van der Waals surface area contributed by atoms with Gasteiger partial charge in [0.1, 0.15) is 6.10 Å². The number of hydrogen-bond acceptors (Lipinski definition) is 2. The van der Waals surface area contributed by atoms with Crippen LogP contribution >= 0.6 is 0 Å². The Hall–Kier alpha value is -0.370. The quantitative estimate of drug-likeness (QED) is 0.545. The van der Waals surface area contributed by atoms with E-state index in [9.17, 15) is 9.90 Å². The maximum atomic E-state index is 11.3. The van der Waals surface area contributed by atoms with Gasteiger partial charge in [-0.1, -0.05) is 58.8 Å². The number of aliphatic hydroxyl groups excluding tert-OH is 1. The lowest BCUT2D eigenvalue weighted by Crippen LogP contribution is -2.18. The molecule has 0 unspecified atom stereocenters. The molecular weight excluding hydrogens is 200 g/mol. The van der Waals surface area contributed by atoms with E-state index in [1.807, 2.05) is 6.92 Å². The highest BCUT2D eigenvalue weighted by Gasteiger charge is 2.10. The average molecular weight is 228 g/mol. The summed E-state index contributed by atoms with van der Waals surface area (Å²) in [5.41, 5.74) is 0. The minimum atomic E-state index is -0.718. The molecule has 0 aliphatic carbocycles. The molecule has 0 heterocycles. The van der Waals surface area contributed by atoms with Crippen LogP contribution in [0.3, 0.4) is 0 Å². The van der Waals surface area contributed by atoms with Crippen molar-refractivity contribution < 1.29 is 9.90 Å². The molecule has 0 saturated carbocycles. The number of unbranched alkanes of at least 4 members (excludes halogenated alkanes) is 7. The highest BCUT2D eigenvalue weighted by Crippen LogP contribution is 2.10. The smallest absolute Gasteiger partial charge is 0.161 e. The fraction of sp³-hybridized carbons (Fsp3) is 0.929. The molecule has 0 fully saturated rings. The zero-order chi connectivity index (χ0) is 12.2. The van der Waals surface area contributed by atoms with Gasteiger partial charge in [-0.05, 0) is 12.8 Å². The first-order valence-electron chi connectivity index (χ1n) is 6.93. The molecular formula is C14H28O2. The summed E-state index contributed by atoms with van der Waals surface area (Å²) in [5, 5.41) is 9.28. The second kappa shape index (κ2) is 11.1. The standard InChI is InChI=1S/C14H28O2/c1-3-5-6-7-8-9-10-11-12-14(16)13(15)4-2/h13,15H,3-12H2,1-2H3/t13-/m0/s1. The fourth-order valence-corrected chi connectivity index (χ4v) is 1.83. The van der Waals surface area contributed by atoms with Crippen molar-refractivity contribution in [2.24, 2.45) is 0 Å². The van der Waals surface area contributed by atoms with Gasteiger partial charge in [-0.15, -0.1) is 0 Å². The number of rotatable bonds is 11. The Kier molecular flexibility index (Phi) is 10.9. The number of aliphatic hydroxyl groups is 1. The molecule has 2 heteroatoms. The third-order valence-corrected chi connectivity index (χ3v) is 3.04. The lowest BCUT2D eigenvalue weighted by molar-refractivity contribution is -0.127. The summed E-state index contributed by atoms with van der Waals surface area (Å²) < 4.78 is 0. The maximum Gasteiger partial charge on any atom is 0.161 e. The van der Waals surface area contributed by atoms with Crippen molar-refractivity contribution in [3.05, 3.63) is 0 Å². The average Bonchev–Trinajstić information content (AvgIpc) is 2.31. The lowest BCUT2D eigenvalue weighted by Gasteiger charge is -2.06. The summed E-state index contributed by atoms with van der Waals surface area (Å²) in [5.74, 6) is 0.0217. The van der Waals surface area contributed by atoms with Crippen LogP contribution in [0.4, 0.5) is 0 Å². The lowest BCUT2D eigenvalue weighted by atomic mass is 10.0. The normalized spacial score (nSPS) is 12.7. The molecule has 0 spiro atoms. The Morgan fingerprint density at radius 3 is 1.94 bits per heavy atom. The molecule has 1 atom stereocenters. The van der Waals surface area contributed by atoms with E-state index in [0.29, 0.717) is 12.8 Å². The minimum Gasteiger partial charge on any atom is -0.385 e. The summed E-state index contributed by atoms with van der Waals surface area (Å²) in [7, 11) is 0. The molecule has 0 aromatic carbocycles. The van der Waals surface area contributed by atoms with E-state index in [1.54, 1.807) is 0 Å². The Labute approximate surface area is 100 Å². The highest BCUT2D eigenvalue weighted by atomic mass is 16.3. The van der Waals surface area contributed by atoms with Crippen LogP contribution < -0.4 is 0 Å². The SMILES string of the molecule is CCCCCCCCCCC(=O)[C@@H](O)CC. The number of ketones is 1. The van der Waals surface area contributed by atoms with E-state index in [2.05, 4.69) is 6.92 Å². The van der Waals surface area contributed by atoms with Crippen molar-refractivity contribution in [2.75, 3.05) is 0 Å². The third-order valence-electron chi connectivity index (χ3n) is 3.04. The molecule has 0 bridgehead atoms. The molecule has 0 aliphatic heterocycles. The van der Waals surface area contributed by atoms with Gasteiger partial charge < -0.3 is 5.11 Å². The van der Waals surface area contributed by atoms with Crippen LogP contribution in [-0.4, -0.2) is 17.0 Å². The van der Waals surface area contributed by atoms with E-state index < -0.39 is 6.10 Å². The molecule has 0 amide bonds. The largest absolute Gasteiger partial charge is 0.385 e. The highest BCUT2D eigenvalue weighted by molar-refractivity contribution is 5.82. The van der Waals surface area contributed by atoms with Gasteiger partial charge in [0.25, 0.3) is 0 Å². The number of hydrogen-bond donors (Lipinski definition) is 1. The molecule has 0 radical (unpaired) electrons. The van der Waals surface area contributed by atoms with Gasteiger partial charge in [-0.25, -0.2) is 0 Å². The van der Waals surface area contributed by atoms with Crippen LogP contribution in [0.1, 0.15) is 78.1 Å². The Morgan fingerprint density at radius 2 is 1.44 bits per heavy atom. The first-order valence-corrected chi connectivity index (χ1v) is 6.93. The first kappa shape index (κ1) is 15.6. The first-order chi connectivity index (χ1) is 7.72. The van der Waals surface area contributed by atoms with Crippen LogP contribution in [0.15, 0.2) is 0 Å². The maximum absolute atomic E-state index is 11.3. The van der Waals surface area contributed by atoms with E-state index in [-0.39, 0.29) is 5.78 Å². The van der Waals surface area contributed by atoms with Gasteiger partial charge in [-0.3, -0.25) is 4.79 Å². The van der Waals surface area contributed by atoms with Crippen LogP contribution in [0.25, 0.3) is 0 Å². The third kappa shape index (κ3) is 8.90. The van der Waals surface area contributed by atoms with Crippen LogP contribution in [0.5, 0.6) is 0 Å². The molecule has 0 aliphatic rings. The monoisotopic (exact) mass is 228 g/mol. The van der Waals surface area contributed by atoms with Crippen LogP contribution in [0, 0.1) is 0 Å². The minimum absolute atomic E-state index is 0.0217. The molecule has 16 heavy (non-hydrogen) atoms. The van der Waals surface area contributed by atoms with Gasteiger partial charge in [0, 0.05) is 6.42 Å². The van der Waals surface area contributed by atoms with Gasteiger partial charge in [0.2, 0.25) is 0 Å². The van der Waals surface area contributed by atoms with Crippen molar-refractivity contribution in [2.45, 2.75) is 84.2 Å². The molecule has 0 rings (SSSR count). The summed E-state index contributed by atoms with van der Waals surface area (Å²) >= 11 is 0. The van der Waals surface area contributed by atoms with Crippen LogP contribution in [0.2, 0.25) is 0 Å². The summed E-state index contributed by atoms with van der Waals surface area (Å²) in [6, 6.07) is 0.